The molecule has 0 saturated carbocycles. The molecule has 5 nitrogen and oxygen atoms in total. The van der Waals surface area contributed by atoms with E-state index in [4.69, 9.17) is 0 Å². The molecule has 0 aliphatic carbocycles. The van der Waals surface area contributed by atoms with E-state index in [2.05, 4.69) is 15.7 Å². The van der Waals surface area contributed by atoms with E-state index in [0.717, 1.165) is 5.52 Å². The minimum atomic E-state index is -0.388. The van der Waals surface area contributed by atoms with E-state index in [0.29, 0.717) is 11.4 Å². The van der Waals surface area contributed by atoms with Crippen molar-refractivity contribution in [3.8, 4) is 0 Å². The summed E-state index contributed by atoms with van der Waals surface area (Å²) in [5.74, 6) is -0.345. The maximum atomic E-state index is 12.8. The number of pyridine rings is 1. The molecule has 0 atom stereocenters. The topological polar surface area (TPSA) is 58.4 Å². The molecule has 1 aromatic carbocycles. The zero-order chi connectivity index (χ0) is 13.9. The average molecular weight is 270 g/mol. The Bertz CT molecular complexity index is 751. The minimum absolute atomic E-state index is 0.345. The fourth-order valence-corrected chi connectivity index (χ4v) is 1.83. The summed E-state index contributed by atoms with van der Waals surface area (Å²) in [5.41, 5.74) is 2.05. The summed E-state index contributed by atoms with van der Waals surface area (Å²) in [6.45, 7) is 0. The Morgan fingerprint density at radius 3 is 2.60 bits per heavy atom. The number of carbonyl (C=O) groups excluding carboxylic acids is 1. The number of nitrogens with zero attached hydrogens (tertiary/aromatic N) is 2. The molecule has 2 amide bonds. The SMILES string of the molecule is O=C(Nc1ccc(F)cc1)Nc1ccn2nccc2c1. The second kappa shape index (κ2) is 5.00. The maximum absolute atomic E-state index is 12.8. The first-order valence-electron chi connectivity index (χ1n) is 5.98. The van der Waals surface area contributed by atoms with Gasteiger partial charge >= 0.3 is 6.03 Å². The molecule has 2 N–H and O–H groups in total. The van der Waals surface area contributed by atoms with Crippen molar-refractivity contribution >= 4 is 22.9 Å². The molecule has 0 bridgehead atoms. The van der Waals surface area contributed by atoms with Crippen LogP contribution in [0, 0.1) is 5.82 Å². The maximum Gasteiger partial charge on any atom is 0.323 e. The molecule has 3 aromatic rings. The molecule has 0 fully saturated rings. The van der Waals surface area contributed by atoms with Crippen LogP contribution in [0.2, 0.25) is 0 Å². The number of aromatic nitrogens is 2. The molecule has 100 valence electrons. The molecule has 0 aliphatic rings. The van der Waals surface area contributed by atoms with Crippen LogP contribution in [0.15, 0.2) is 54.9 Å². The number of amides is 2. The van der Waals surface area contributed by atoms with E-state index in [-0.39, 0.29) is 11.8 Å². The number of fused-ring (bicyclic) bond motifs is 1. The molecule has 20 heavy (non-hydrogen) atoms. The highest BCUT2D eigenvalue weighted by Gasteiger charge is 2.04. The zero-order valence-electron chi connectivity index (χ0n) is 10.4. The number of hydrogen-bond acceptors (Lipinski definition) is 2. The average Bonchev–Trinajstić information content (AvgIpc) is 2.89. The first-order chi connectivity index (χ1) is 9.70. The summed E-state index contributed by atoms with van der Waals surface area (Å²) in [4.78, 5) is 11.8. The molecule has 0 saturated heterocycles. The van der Waals surface area contributed by atoms with Crippen LogP contribution in [0.1, 0.15) is 0 Å². The molecular weight excluding hydrogens is 259 g/mol. The Hall–Kier alpha value is -2.89. The van der Waals surface area contributed by atoms with Crippen molar-refractivity contribution in [3.05, 3.63) is 60.7 Å². The summed E-state index contributed by atoms with van der Waals surface area (Å²) < 4.78 is 14.4. The van der Waals surface area contributed by atoms with Gasteiger partial charge < -0.3 is 10.6 Å². The summed E-state index contributed by atoms with van der Waals surface area (Å²) in [6.07, 6.45) is 3.43. The van der Waals surface area contributed by atoms with Crippen molar-refractivity contribution in [2.75, 3.05) is 10.6 Å². The Balaban J connectivity index is 1.70. The lowest BCUT2D eigenvalue weighted by atomic mass is 10.3. The Labute approximate surface area is 114 Å². The van der Waals surface area contributed by atoms with Crippen LogP contribution in [0.3, 0.4) is 0 Å². The molecule has 2 heterocycles. The van der Waals surface area contributed by atoms with E-state index < -0.39 is 0 Å². The quantitative estimate of drug-likeness (QED) is 0.751. The van der Waals surface area contributed by atoms with E-state index in [1.807, 2.05) is 6.07 Å². The fraction of sp³-hybridized carbons (Fsp3) is 0. The van der Waals surface area contributed by atoms with E-state index in [1.54, 1.807) is 29.0 Å². The van der Waals surface area contributed by atoms with Gasteiger partial charge in [0.1, 0.15) is 5.82 Å². The standard InChI is InChI=1S/C14H11FN4O/c15-10-1-3-11(4-2-10)17-14(20)18-12-6-8-19-13(9-12)5-7-16-19/h1-9H,(H2,17,18,20). The smallest absolute Gasteiger partial charge is 0.308 e. The van der Waals surface area contributed by atoms with E-state index >= 15 is 0 Å². The van der Waals surface area contributed by atoms with Crippen molar-refractivity contribution in [2.45, 2.75) is 0 Å². The first-order valence-corrected chi connectivity index (χ1v) is 5.98. The van der Waals surface area contributed by atoms with Crippen molar-refractivity contribution in [2.24, 2.45) is 0 Å². The summed E-state index contributed by atoms with van der Waals surface area (Å²) in [7, 11) is 0. The largest absolute Gasteiger partial charge is 0.323 e. The monoisotopic (exact) mass is 270 g/mol. The van der Waals surface area contributed by atoms with Gasteiger partial charge in [-0.25, -0.2) is 13.7 Å². The number of benzene rings is 1. The van der Waals surface area contributed by atoms with Gasteiger partial charge in [0.2, 0.25) is 0 Å². The molecule has 0 aliphatic heterocycles. The fourth-order valence-electron chi connectivity index (χ4n) is 1.83. The number of nitrogens with one attached hydrogen (secondary N) is 2. The van der Waals surface area contributed by atoms with Gasteiger partial charge in [-0.1, -0.05) is 0 Å². The van der Waals surface area contributed by atoms with Gasteiger partial charge in [-0.05, 0) is 42.5 Å². The molecule has 6 heteroatoms. The van der Waals surface area contributed by atoms with Crippen molar-refractivity contribution < 1.29 is 9.18 Å². The molecule has 2 aromatic heterocycles. The number of anilines is 2. The molecule has 0 unspecified atom stereocenters. The first kappa shape index (κ1) is 12.2. The number of halogens is 1. The van der Waals surface area contributed by atoms with Crippen molar-refractivity contribution in [1.82, 2.24) is 9.61 Å². The highest BCUT2D eigenvalue weighted by molar-refractivity contribution is 6.00. The number of urea groups is 1. The van der Waals surface area contributed by atoms with Crippen LogP contribution in [0.25, 0.3) is 5.52 Å². The molecule has 0 spiro atoms. The highest BCUT2D eigenvalue weighted by atomic mass is 19.1. The Morgan fingerprint density at radius 1 is 1.05 bits per heavy atom. The normalized spacial score (nSPS) is 10.4. The van der Waals surface area contributed by atoms with Crippen molar-refractivity contribution in [3.63, 3.8) is 0 Å². The van der Waals surface area contributed by atoms with Gasteiger partial charge in [-0.3, -0.25) is 0 Å². The van der Waals surface area contributed by atoms with Crippen LogP contribution < -0.4 is 10.6 Å². The van der Waals surface area contributed by atoms with Crippen LogP contribution in [-0.4, -0.2) is 15.6 Å². The lowest BCUT2D eigenvalue weighted by molar-refractivity contribution is 0.262. The summed E-state index contributed by atoms with van der Waals surface area (Å²) in [6, 6.07) is 10.6. The molecule has 3 rings (SSSR count). The van der Waals surface area contributed by atoms with E-state index in [1.165, 1.54) is 24.3 Å². The molecular formula is C14H11FN4O. The number of hydrogen-bond donors (Lipinski definition) is 2. The van der Waals surface area contributed by atoms with Gasteiger partial charge in [0.15, 0.2) is 0 Å². The third-order valence-corrected chi connectivity index (χ3v) is 2.76. The van der Waals surface area contributed by atoms with E-state index in [9.17, 15) is 9.18 Å². The second-order valence-electron chi connectivity index (χ2n) is 4.20. The van der Waals surface area contributed by atoms with Gasteiger partial charge in [0.25, 0.3) is 0 Å². The predicted octanol–water partition coefficient (Wildman–Crippen LogP) is 3.12. The van der Waals surface area contributed by atoms with Gasteiger partial charge in [-0.15, -0.1) is 0 Å². The Kier molecular flexibility index (Phi) is 3.04. The predicted molar refractivity (Wildman–Crippen MR) is 74.2 cm³/mol. The molecule has 0 radical (unpaired) electrons. The summed E-state index contributed by atoms with van der Waals surface area (Å²) >= 11 is 0. The number of carbonyl (C=O) groups is 1. The summed E-state index contributed by atoms with van der Waals surface area (Å²) in [5, 5.41) is 9.39. The number of rotatable bonds is 2. The Morgan fingerprint density at radius 2 is 1.80 bits per heavy atom. The van der Waals surface area contributed by atoms with Gasteiger partial charge in [0.05, 0.1) is 5.52 Å². The van der Waals surface area contributed by atoms with Crippen molar-refractivity contribution in [1.29, 1.82) is 0 Å². The second-order valence-corrected chi connectivity index (χ2v) is 4.20. The lowest BCUT2D eigenvalue weighted by Crippen LogP contribution is -2.19. The zero-order valence-corrected chi connectivity index (χ0v) is 10.4. The van der Waals surface area contributed by atoms with Crippen LogP contribution in [0.4, 0.5) is 20.6 Å². The third-order valence-electron chi connectivity index (χ3n) is 2.76. The third kappa shape index (κ3) is 2.59. The van der Waals surface area contributed by atoms with Gasteiger partial charge in [0, 0.05) is 23.8 Å². The van der Waals surface area contributed by atoms with Crippen LogP contribution in [0.5, 0.6) is 0 Å². The minimum Gasteiger partial charge on any atom is -0.308 e. The highest BCUT2D eigenvalue weighted by Crippen LogP contribution is 2.13. The lowest BCUT2D eigenvalue weighted by Gasteiger charge is -2.07. The van der Waals surface area contributed by atoms with Crippen LogP contribution in [-0.2, 0) is 0 Å². The van der Waals surface area contributed by atoms with Gasteiger partial charge in [-0.2, -0.15) is 5.10 Å². The van der Waals surface area contributed by atoms with Crippen LogP contribution >= 0.6 is 0 Å².